The third-order valence-electron chi connectivity index (χ3n) is 5.65. The highest BCUT2D eigenvalue weighted by Crippen LogP contribution is 2.40. The fourth-order valence-electron chi connectivity index (χ4n) is 3.85. The van der Waals surface area contributed by atoms with Crippen LogP contribution >= 0.6 is 0 Å². The molecule has 1 amide bonds. The lowest BCUT2D eigenvalue weighted by atomic mass is 10.1. The molecule has 0 bridgehead atoms. The van der Waals surface area contributed by atoms with Gasteiger partial charge in [0.2, 0.25) is 0 Å². The first-order chi connectivity index (χ1) is 15.8. The van der Waals surface area contributed by atoms with Gasteiger partial charge in [-0.1, -0.05) is 18.2 Å². The minimum absolute atomic E-state index is 0.0290. The van der Waals surface area contributed by atoms with Gasteiger partial charge in [0.15, 0.2) is 11.5 Å². The number of hydrogen-bond donors (Lipinski definition) is 1. The second-order valence-electron chi connectivity index (χ2n) is 8.13. The van der Waals surface area contributed by atoms with Gasteiger partial charge in [-0.25, -0.2) is 9.97 Å². The van der Waals surface area contributed by atoms with Gasteiger partial charge < -0.3 is 5.32 Å². The first kappa shape index (κ1) is 21.1. The van der Waals surface area contributed by atoms with E-state index in [0.29, 0.717) is 33.7 Å². The number of rotatable bonds is 5. The fraction of sp³-hybridized carbons (Fsp3) is 0.250. The van der Waals surface area contributed by atoms with Gasteiger partial charge in [-0.05, 0) is 55.7 Å². The standard InChI is InChI=1S/C24H20F3N5O/c1-14-21-18(23(33)29-13-15-5-4-6-17(11-15)24(25,26)27)12-19(16-8-9-16)30-22(21)32(31-14)20-7-2-3-10-28-20/h2-7,10-12,16H,8-9,13H2,1H3,(H,29,33). The summed E-state index contributed by atoms with van der Waals surface area (Å²) >= 11 is 0. The SMILES string of the molecule is Cc1nn(-c2ccccn2)c2nc(C3CC3)cc(C(=O)NCc3cccc(C(F)(F)F)c3)c12. The number of amides is 1. The minimum atomic E-state index is -4.44. The first-order valence-electron chi connectivity index (χ1n) is 10.6. The minimum Gasteiger partial charge on any atom is -0.348 e. The van der Waals surface area contributed by atoms with Crippen molar-refractivity contribution in [2.45, 2.75) is 38.4 Å². The van der Waals surface area contributed by atoms with Crippen molar-refractivity contribution in [2.75, 3.05) is 0 Å². The molecule has 3 heterocycles. The summed E-state index contributed by atoms with van der Waals surface area (Å²) in [5.41, 5.74) is 2.00. The van der Waals surface area contributed by atoms with E-state index in [1.807, 2.05) is 12.1 Å². The normalized spacial score (nSPS) is 13.9. The van der Waals surface area contributed by atoms with E-state index in [-0.39, 0.29) is 18.4 Å². The van der Waals surface area contributed by atoms with E-state index in [1.54, 1.807) is 36.0 Å². The Kier molecular flexibility index (Phi) is 5.11. The van der Waals surface area contributed by atoms with E-state index >= 15 is 0 Å². The molecule has 0 saturated heterocycles. The van der Waals surface area contributed by atoms with Crippen LogP contribution in [0.4, 0.5) is 13.2 Å². The van der Waals surface area contributed by atoms with Crippen molar-refractivity contribution in [3.05, 3.63) is 82.8 Å². The number of carbonyl (C=O) groups is 1. The maximum atomic E-state index is 13.2. The molecular formula is C24H20F3N5O. The monoisotopic (exact) mass is 451 g/mol. The summed E-state index contributed by atoms with van der Waals surface area (Å²) in [7, 11) is 0. The number of fused-ring (bicyclic) bond motifs is 1. The molecule has 1 saturated carbocycles. The summed E-state index contributed by atoms with van der Waals surface area (Å²) < 4.78 is 40.7. The molecule has 3 aromatic heterocycles. The van der Waals surface area contributed by atoms with Crippen molar-refractivity contribution in [1.29, 1.82) is 0 Å². The highest BCUT2D eigenvalue weighted by molar-refractivity contribution is 6.06. The Balaban J connectivity index is 1.51. The molecule has 1 aromatic carbocycles. The third kappa shape index (κ3) is 4.18. The number of carbonyl (C=O) groups excluding carboxylic acids is 1. The van der Waals surface area contributed by atoms with E-state index in [2.05, 4.69) is 15.4 Å². The smallest absolute Gasteiger partial charge is 0.348 e. The Morgan fingerprint density at radius 2 is 1.97 bits per heavy atom. The molecule has 0 unspecified atom stereocenters. The molecule has 0 aliphatic heterocycles. The average molecular weight is 451 g/mol. The zero-order valence-electron chi connectivity index (χ0n) is 17.7. The molecule has 1 N–H and O–H groups in total. The number of hydrogen-bond acceptors (Lipinski definition) is 4. The van der Waals surface area contributed by atoms with Gasteiger partial charge in [-0.15, -0.1) is 0 Å². The van der Waals surface area contributed by atoms with Crippen LogP contribution in [0, 0.1) is 6.92 Å². The van der Waals surface area contributed by atoms with Crippen molar-refractivity contribution in [2.24, 2.45) is 0 Å². The summed E-state index contributed by atoms with van der Waals surface area (Å²) in [5, 5.41) is 7.93. The maximum absolute atomic E-state index is 13.2. The Labute approximate surface area is 187 Å². The van der Waals surface area contributed by atoms with Crippen LogP contribution in [0.25, 0.3) is 16.9 Å². The molecule has 168 valence electrons. The van der Waals surface area contributed by atoms with E-state index in [0.717, 1.165) is 30.7 Å². The molecular weight excluding hydrogens is 431 g/mol. The largest absolute Gasteiger partial charge is 0.416 e. The van der Waals surface area contributed by atoms with E-state index < -0.39 is 11.7 Å². The fourth-order valence-corrected chi connectivity index (χ4v) is 3.85. The summed E-state index contributed by atoms with van der Waals surface area (Å²) in [4.78, 5) is 22.3. The van der Waals surface area contributed by atoms with Gasteiger partial charge in [-0.3, -0.25) is 4.79 Å². The highest BCUT2D eigenvalue weighted by atomic mass is 19.4. The lowest BCUT2D eigenvalue weighted by Crippen LogP contribution is -2.23. The molecule has 1 fully saturated rings. The molecule has 4 aromatic rings. The van der Waals surface area contributed by atoms with Crippen LogP contribution in [-0.4, -0.2) is 25.7 Å². The number of nitrogens with zero attached hydrogens (tertiary/aromatic N) is 4. The van der Waals surface area contributed by atoms with Crippen LogP contribution in [0.3, 0.4) is 0 Å². The second kappa shape index (κ2) is 7.99. The molecule has 6 nitrogen and oxygen atoms in total. The van der Waals surface area contributed by atoms with Crippen molar-refractivity contribution >= 4 is 16.9 Å². The van der Waals surface area contributed by atoms with E-state index in [4.69, 9.17) is 4.98 Å². The number of benzene rings is 1. The van der Waals surface area contributed by atoms with Crippen LogP contribution in [0.1, 0.15) is 51.6 Å². The quantitative estimate of drug-likeness (QED) is 0.466. The summed E-state index contributed by atoms with van der Waals surface area (Å²) in [6.07, 6.45) is -0.778. The lowest BCUT2D eigenvalue weighted by molar-refractivity contribution is -0.137. The van der Waals surface area contributed by atoms with Gasteiger partial charge in [0.05, 0.1) is 22.2 Å². The second-order valence-corrected chi connectivity index (χ2v) is 8.13. The van der Waals surface area contributed by atoms with Crippen molar-refractivity contribution < 1.29 is 18.0 Å². The maximum Gasteiger partial charge on any atom is 0.416 e. The Hall–Kier alpha value is -3.75. The van der Waals surface area contributed by atoms with Gasteiger partial charge in [-0.2, -0.15) is 23.0 Å². The van der Waals surface area contributed by atoms with Crippen molar-refractivity contribution in [3.63, 3.8) is 0 Å². The molecule has 0 radical (unpaired) electrons. The number of pyridine rings is 2. The predicted molar refractivity (Wildman–Crippen MR) is 116 cm³/mol. The summed E-state index contributed by atoms with van der Waals surface area (Å²) in [6.45, 7) is 1.77. The number of nitrogens with one attached hydrogen (secondary N) is 1. The van der Waals surface area contributed by atoms with Crippen molar-refractivity contribution in [1.82, 2.24) is 25.1 Å². The topological polar surface area (TPSA) is 72.7 Å². The molecule has 0 spiro atoms. The van der Waals surface area contributed by atoms with Crippen LogP contribution in [0.2, 0.25) is 0 Å². The van der Waals surface area contributed by atoms with Crippen LogP contribution in [0.5, 0.6) is 0 Å². The van der Waals surface area contributed by atoms with Crippen LogP contribution in [-0.2, 0) is 12.7 Å². The van der Waals surface area contributed by atoms with Gasteiger partial charge in [0.1, 0.15) is 0 Å². The summed E-state index contributed by atoms with van der Waals surface area (Å²) in [5.74, 6) is 0.494. The van der Waals surface area contributed by atoms with Crippen molar-refractivity contribution in [3.8, 4) is 5.82 Å². The van der Waals surface area contributed by atoms with E-state index in [1.165, 1.54) is 6.07 Å². The zero-order valence-corrected chi connectivity index (χ0v) is 17.7. The number of aromatic nitrogens is 4. The zero-order chi connectivity index (χ0) is 23.2. The van der Waals surface area contributed by atoms with Gasteiger partial charge in [0.25, 0.3) is 5.91 Å². The molecule has 33 heavy (non-hydrogen) atoms. The molecule has 9 heteroatoms. The highest BCUT2D eigenvalue weighted by Gasteiger charge is 2.31. The molecule has 1 aliphatic carbocycles. The summed E-state index contributed by atoms with van der Waals surface area (Å²) in [6, 6.07) is 12.2. The predicted octanol–water partition coefficient (Wildman–Crippen LogP) is 4.95. The van der Waals surface area contributed by atoms with Gasteiger partial charge >= 0.3 is 6.18 Å². The molecule has 1 aliphatic rings. The Morgan fingerprint density at radius 1 is 1.15 bits per heavy atom. The Bertz CT molecular complexity index is 1340. The lowest BCUT2D eigenvalue weighted by Gasteiger charge is -2.11. The molecule has 5 rings (SSSR count). The van der Waals surface area contributed by atoms with E-state index in [9.17, 15) is 18.0 Å². The number of alkyl halides is 3. The number of aryl methyl sites for hydroxylation is 1. The van der Waals surface area contributed by atoms with Crippen LogP contribution in [0.15, 0.2) is 54.7 Å². The average Bonchev–Trinajstić information content (AvgIpc) is 3.61. The number of halogens is 3. The first-order valence-corrected chi connectivity index (χ1v) is 10.6. The van der Waals surface area contributed by atoms with Crippen LogP contribution < -0.4 is 5.32 Å². The van der Waals surface area contributed by atoms with Gasteiger partial charge in [0, 0.05) is 24.4 Å². The Morgan fingerprint density at radius 3 is 2.67 bits per heavy atom. The third-order valence-corrected chi connectivity index (χ3v) is 5.65. The molecule has 0 atom stereocenters.